The Labute approximate surface area is 193 Å². The van der Waals surface area contributed by atoms with Crippen molar-refractivity contribution in [2.24, 2.45) is 11.5 Å². The zero-order valence-corrected chi connectivity index (χ0v) is 18.9. The number of nitrogens with zero attached hydrogens (tertiary/aromatic N) is 1. The summed E-state index contributed by atoms with van der Waals surface area (Å²) in [6.07, 6.45) is 1.51. The molecule has 10 nitrogen and oxygen atoms in total. The summed E-state index contributed by atoms with van der Waals surface area (Å²) in [6, 6.07) is 4.87. The molecule has 0 fully saturated rings. The number of carbonyl (C=O) groups excluding carboxylic acids is 3. The quantitative estimate of drug-likeness (QED) is 0.266. The molecule has 0 saturated heterocycles. The average molecular weight is 472 g/mol. The minimum atomic E-state index is -1.08. The van der Waals surface area contributed by atoms with Crippen LogP contribution in [0.25, 0.3) is 10.9 Å². The van der Waals surface area contributed by atoms with E-state index in [0.717, 1.165) is 0 Å². The monoisotopic (exact) mass is 471 g/mol. The highest BCUT2D eigenvalue weighted by molar-refractivity contribution is 7.16. The number of hydrogen-bond donors (Lipinski definition) is 5. The number of rotatable bonds is 11. The summed E-state index contributed by atoms with van der Waals surface area (Å²) in [5.74, 6) is -2.39. The minimum absolute atomic E-state index is 0.0406. The molecule has 3 aromatic rings. The van der Waals surface area contributed by atoms with Crippen LogP contribution in [0, 0.1) is 0 Å². The van der Waals surface area contributed by atoms with Gasteiger partial charge in [0.05, 0.1) is 0 Å². The number of carboxylic acids is 1. The molecular formula is C22H25N5O5S. The molecule has 0 aliphatic heterocycles. The fourth-order valence-electron chi connectivity index (χ4n) is 3.50. The van der Waals surface area contributed by atoms with Crippen molar-refractivity contribution in [3.63, 3.8) is 0 Å². The van der Waals surface area contributed by atoms with Gasteiger partial charge in [-0.3, -0.25) is 19.7 Å². The molecule has 0 aliphatic carbocycles. The largest absolute Gasteiger partial charge is 0.477 e. The number of aryl methyl sites for hydroxylation is 2. The number of nitrogens with two attached hydrogens (primary N) is 2. The Morgan fingerprint density at radius 3 is 2.61 bits per heavy atom. The molecule has 3 rings (SSSR count). The van der Waals surface area contributed by atoms with Crippen LogP contribution in [0.3, 0.4) is 0 Å². The Hall–Kier alpha value is -3.57. The van der Waals surface area contributed by atoms with Gasteiger partial charge in [0, 0.05) is 34.2 Å². The van der Waals surface area contributed by atoms with Crippen LogP contribution in [0.15, 0.2) is 18.2 Å². The van der Waals surface area contributed by atoms with E-state index in [9.17, 15) is 24.3 Å². The smallest absolute Gasteiger partial charge is 0.352 e. The number of primary amides is 1. The van der Waals surface area contributed by atoms with Crippen molar-refractivity contribution in [1.82, 2.24) is 9.97 Å². The number of anilines is 1. The predicted molar refractivity (Wildman–Crippen MR) is 125 cm³/mol. The van der Waals surface area contributed by atoms with Crippen LogP contribution in [0.1, 0.15) is 68.0 Å². The summed E-state index contributed by atoms with van der Waals surface area (Å²) >= 11 is 1.19. The van der Waals surface area contributed by atoms with Crippen molar-refractivity contribution in [3.8, 4) is 0 Å². The lowest BCUT2D eigenvalue weighted by molar-refractivity contribution is -0.118. The second-order valence-electron chi connectivity index (χ2n) is 7.42. The summed E-state index contributed by atoms with van der Waals surface area (Å²) in [7, 11) is 0. The van der Waals surface area contributed by atoms with Gasteiger partial charge < -0.3 is 21.6 Å². The van der Waals surface area contributed by atoms with Gasteiger partial charge in [-0.1, -0.05) is 6.92 Å². The maximum absolute atomic E-state index is 12.9. The fraction of sp³-hybridized carbons (Fsp3) is 0.318. The van der Waals surface area contributed by atoms with Crippen LogP contribution < -0.4 is 16.8 Å². The lowest BCUT2D eigenvalue weighted by Crippen LogP contribution is -2.14. The first kappa shape index (κ1) is 24.1. The van der Waals surface area contributed by atoms with Gasteiger partial charge in [-0.25, -0.2) is 9.78 Å². The number of amides is 2. The van der Waals surface area contributed by atoms with E-state index < -0.39 is 17.8 Å². The standard InChI is InChI=1S/C22H25N5O5S/c1-2-16-19(15(28)7-8-17(24)29)26-22(33-16)27-20(30)11-5-6-14-13(10-11)12(4-3-9-23)18(25-14)21(31)32/h5-6,10,25H,2-4,7-9,23H2,1H3,(H2,24,29)(H,31,32)(H,26,27,30). The molecule has 0 spiro atoms. The molecule has 2 heterocycles. The van der Waals surface area contributed by atoms with Gasteiger partial charge in [-0.05, 0) is 49.6 Å². The van der Waals surface area contributed by atoms with E-state index in [1.807, 2.05) is 6.92 Å². The second kappa shape index (κ2) is 10.4. The van der Waals surface area contributed by atoms with Crippen molar-refractivity contribution in [2.75, 3.05) is 11.9 Å². The molecule has 1 aromatic carbocycles. The third-order valence-corrected chi connectivity index (χ3v) is 6.23. The van der Waals surface area contributed by atoms with Crippen molar-refractivity contribution < 1.29 is 24.3 Å². The molecule has 11 heteroatoms. The second-order valence-corrected chi connectivity index (χ2v) is 8.51. The average Bonchev–Trinajstić information content (AvgIpc) is 3.36. The zero-order chi connectivity index (χ0) is 24.1. The lowest BCUT2D eigenvalue weighted by atomic mass is 10.0. The molecule has 0 atom stereocenters. The number of benzene rings is 1. The Morgan fingerprint density at radius 2 is 1.97 bits per heavy atom. The number of hydrogen-bond acceptors (Lipinski definition) is 7. The zero-order valence-electron chi connectivity index (χ0n) is 18.1. The van der Waals surface area contributed by atoms with Crippen molar-refractivity contribution in [2.45, 2.75) is 39.0 Å². The number of fused-ring (bicyclic) bond motifs is 1. The van der Waals surface area contributed by atoms with Gasteiger partial charge in [-0.15, -0.1) is 11.3 Å². The molecule has 33 heavy (non-hydrogen) atoms. The topological polar surface area (TPSA) is 181 Å². The Morgan fingerprint density at radius 1 is 1.21 bits per heavy atom. The third-order valence-electron chi connectivity index (χ3n) is 5.11. The van der Waals surface area contributed by atoms with Crippen LogP contribution in [-0.2, 0) is 17.6 Å². The van der Waals surface area contributed by atoms with E-state index in [1.54, 1.807) is 18.2 Å². The fourth-order valence-corrected chi connectivity index (χ4v) is 4.41. The van der Waals surface area contributed by atoms with E-state index in [4.69, 9.17) is 11.5 Å². The van der Waals surface area contributed by atoms with E-state index in [1.165, 1.54) is 11.3 Å². The summed E-state index contributed by atoms with van der Waals surface area (Å²) in [6.45, 7) is 2.28. The summed E-state index contributed by atoms with van der Waals surface area (Å²) in [5.41, 5.74) is 12.5. The molecule has 0 aliphatic rings. The van der Waals surface area contributed by atoms with Crippen molar-refractivity contribution in [1.29, 1.82) is 0 Å². The lowest BCUT2D eigenvalue weighted by Gasteiger charge is -2.04. The number of ketones is 1. The van der Waals surface area contributed by atoms with E-state index >= 15 is 0 Å². The number of Topliss-reactive ketones (excluding diaryl/α,β-unsaturated/α-hetero) is 1. The van der Waals surface area contributed by atoms with Gasteiger partial charge in [0.2, 0.25) is 5.91 Å². The van der Waals surface area contributed by atoms with Crippen molar-refractivity contribution >= 4 is 50.9 Å². The summed E-state index contributed by atoms with van der Waals surface area (Å²) in [5, 5.41) is 13.1. The Bertz CT molecular complexity index is 1230. The van der Waals surface area contributed by atoms with Crippen LogP contribution in [0.4, 0.5) is 5.13 Å². The predicted octanol–water partition coefficient (Wildman–Crippen LogP) is 2.48. The highest BCUT2D eigenvalue weighted by Crippen LogP contribution is 2.28. The number of aromatic amines is 1. The molecule has 174 valence electrons. The summed E-state index contributed by atoms with van der Waals surface area (Å²) in [4.78, 5) is 55.7. The third kappa shape index (κ3) is 5.44. The summed E-state index contributed by atoms with van der Waals surface area (Å²) < 4.78 is 0. The highest BCUT2D eigenvalue weighted by atomic mass is 32.1. The molecule has 0 unspecified atom stereocenters. The highest BCUT2D eigenvalue weighted by Gasteiger charge is 2.21. The van der Waals surface area contributed by atoms with Gasteiger partial charge in [-0.2, -0.15) is 0 Å². The Balaban J connectivity index is 1.87. The Kier molecular flexibility index (Phi) is 7.56. The van der Waals surface area contributed by atoms with E-state index in [0.29, 0.717) is 52.7 Å². The number of H-pyrrole nitrogens is 1. The van der Waals surface area contributed by atoms with Gasteiger partial charge in [0.15, 0.2) is 10.9 Å². The molecule has 2 aromatic heterocycles. The van der Waals surface area contributed by atoms with Crippen LogP contribution in [0.2, 0.25) is 0 Å². The number of thiazole rings is 1. The first-order valence-electron chi connectivity index (χ1n) is 10.5. The molecular weight excluding hydrogens is 446 g/mol. The van der Waals surface area contributed by atoms with Gasteiger partial charge in [0.1, 0.15) is 11.4 Å². The van der Waals surface area contributed by atoms with Gasteiger partial charge >= 0.3 is 5.97 Å². The SMILES string of the molecule is CCc1sc(NC(=O)c2ccc3[nH]c(C(=O)O)c(CCCN)c3c2)nc1C(=O)CCC(N)=O. The van der Waals surface area contributed by atoms with E-state index in [2.05, 4.69) is 15.3 Å². The maximum Gasteiger partial charge on any atom is 0.352 e. The van der Waals surface area contributed by atoms with Crippen molar-refractivity contribution in [3.05, 3.63) is 45.6 Å². The van der Waals surface area contributed by atoms with Crippen LogP contribution >= 0.6 is 11.3 Å². The molecule has 0 bridgehead atoms. The molecule has 0 radical (unpaired) electrons. The van der Waals surface area contributed by atoms with Gasteiger partial charge in [0.25, 0.3) is 5.91 Å². The first-order valence-corrected chi connectivity index (χ1v) is 11.3. The number of aromatic carboxylic acids is 1. The number of carbonyl (C=O) groups is 4. The van der Waals surface area contributed by atoms with E-state index in [-0.39, 0.29) is 35.1 Å². The molecule has 2 amide bonds. The normalized spacial score (nSPS) is 11.0. The number of carboxylic acid groups (broad SMARTS) is 1. The first-order chi connectivity index (χ1) is 15.7. The molecule has 7 N–H and O–H groups in total. The molecule has 0 saturated carbocycles. The van der Waals surface area contributed by atoms with Crippen LogP contribution in [-0.4, -0.2) is 45.2 Å². The number of aromatic nitrogens is 2. The number of nitrogens with one attached hydrogen (secondary N) is 2. The van der Waals surface area contributed by atoms with Crippen LogP contribution in [0.5, 0.6) is 0 Å². The maximum atomic E-state index is 12.9. The minimum Gasteiger partial charge on any atom is -0.477 e.